The van der Waals surface area contributed by atoms with E-state index in [1.807, 2.05) is 6.92 Å². The number of nitrogens with one attached hydrogen (secondary N) is 2. The fourth-order valence-corrected chi connectivity index (χ4v) is 3.78. The zero-order valence-corrected chi connectivity index (χ0v) is 19.2. The van der Waals surface area contributed by atoms with Gasteiger partial charge in [0.05, 0.1) is 25.9 Å². The summed E-state index contributed by atoms with van der Waals surface area (Å²) >= 11 is 1.08. The SMILES string of the molecule is CCCN(CC(=O)Nc1ccc(F)c(F)c1F)Cc1nnc(C(=O)Nc2ccc(OC)cc2)s1. The Morgan fingerprint density at radius 2 is 1.76 bits per heavy atom. The van der Waals surface area contributed by atoms with Crippen molar-refractivity contribution in [3.05, 3.63) is 63.9 Å². The van der Waals surface area contributed by atoms with Crippen LogP contribution in [0.15, 0.2) is 36.4 Å². The molecule has 0 spiro atoms. The van der Waals surface area contributed by atoms with E-state index in [0.29, 0.717) is 29.4 Å². The predicted octanol–water partition coefficient (Wildman–Crippen LogP) is 4.07. The molecule has 3 aromatic rings. The summed E-state index contributed by atoms with van der Waals surface area (Å²) in [6.45, 7) is 2.47. The molecule has 0 aliphatic carbocycles. The minimum Gasteiger partial charge on any atom is -0.497 e. The van der Waals surface area contributed by atoms with Gasteiger partial charge in [-0.15, -0.1) is 10.2 Å². The van der Waals surface area contributed by atoms with Crippen LogP contribution in [0.5, 0.6) is 5.75 Å². The van der Waals surface area contributed by atoms with E-state index in [4.69, 9.17) is 4.74 Å². The van der Waals surface area contributed by atoms with Crippen molar-refractivity contribution in [2.75, 3.05) is 30.8 Å². The van der Waals surface area contributed by atoms with Gasteiger partial charge in [0.1, 0.15) is 10.8 Å². The Bertz CT molecular complexity index is 1160. The van der Waals surface area contributed by atoms with E-state index in [2.05, 4.69) is 20.8 Å². The molecule has 0 saturated heterocycles. The molecule has 0 radical (unpaired) electrons. The van der Waals surface area contributed by atoms with Gasteiger partial charge in [0.2, 0.25) is 10.9 Å². The predicted molar refractivity (Wildman–Crippen MR) is 121 cm³/mol. The zero-order valence-electron chi connectivity index (χ0n) is 18.4. The van der Waals surface area contributed by atoms with Crippen molar-refractivity contribution in [1.82, 2.24) is 15.1 Å². The van der Waals surface area contributed by atoms with E-state index in [0.717, 1.165) is 23.5 Å². The highest BCUT2D eigenvalue weighted by Crippen LogP contribution is 2.20. The number of halogens is 3. The number of methoxy groups -OCH3 is 1. The number of anilines is 2. The van der Waals surface area contributed by atoms with E-state index >= 15 is 0 Å². The normalized spacial score (nSPS) is 10.9. The van der Waals surface area contributed by atoms with Gasteiger partial charge >= 0.3 is 0 Å². The van der Waals surface area contributed by atoms with E-state index in [1.54, 1.807) is 36.3 Å². The van der Waals surface area contributed by atoms with E-state index in [-0.39, 0.29) is 18.1 Å². The second-order valence-electron chi connectivity index (χ2n) is 7.17. The van der Waals surface area contributed by atoms with Gasteiger partial charge in [0, 0.05) is 5.69 Å². The molecule has 1 heterocycles. The summed E-state index contributed by atoms with van der Waals surface area (Å²) in [4.78, 5) is 26.5. The molecular weight excluding hydrogens is 471 g/mol. The van der Waals surface area contributed by atoms with Crippen molar-refractivity contribution < 1.29 is 27.5 Å². The van der Waals surface area contributed by atoms with Crippen LogP contribution in [0.2, 0.25) is 0 Å². The monoisotopic (exact) mass is 493 g/mol. The molecule has 0 fully saturated rings. The molecule has 2 aromatic carbocycles. The van der Waals surface area contributed by atoms with Crippen LogP contribution >= 0.6 is 11.3 Å². The van der Waals surface area contributed by atoms with Gasteiger partial charge in [0.15, 0.2) is 17.5 Å². The van der Waals surface area contributed by atoms with Gasteiger partial charge in [-0.3, -0.25) is 14.5 Å². The van der Waals surface area contributed by atoms with Crippen LogP contribution in [-0.2, 0) is 11.3 Å². The third-order valence-corrected chi connectivity index (χ3v) is 5.49. The van der Waals surface area contributed by atoms with Gasteiger partial charge < -0.3 is 15.4 Å². The molecule has 3 rings (SSSR count). The highest BCUT2D eigenvalue weighted by atomic mass is 32.1. The molecule has 2 N–H and O–H groups in total. The lowest BCUT2D eigenvalue weighted by atomic mass is 10.2. The Morgan fingerprint density at radius 3 is 2.44 bits per heavy atom. The first-order valence-corrected chi connectivity index (χ1v) is 11.1. The first-order chi connectivity index (χ1) is 16.3. The van der Waals surface area contributed by atoms with Crippen LogP contribution in [-0.4, -0.2) is 47.1 Å². The number of hydrogen-bond donors (Lipinski definition) is 2. The third kappa shape index (κ3) is 6.51. The van der Waals surface area contributed by atoms with Crippen molar-refractivity contribution in [2.45, 2.75) is 19.9 Å². The first kappa shape index (κ1) is 25.1. The maximum Gasteiger partial charge on any atom is 0.286 e. The average Bonchev–Trinajstić information content (AvgIpc) is 3.29. The van der Waals surface area contributed by atoms with Crippen LogP contribution in [0, 0.1) is 17.5 Å². The smallest absolute Gasteiger partial charge is 0.286 e. The molecule has 2 amide bonds. The molecule has 1 aromatic heterocycles. The number of hydrogen-bond acceptors (Lipinski definition) is 7. The number of carbonyl (C=O) groups excluding carboxylic acids is 2. The van der Waals surface area contributed by atoms with Gasteiger partial charge in [-0.2, -0.15) is 0 Å². The fourth-order valence-electron chi connectivity index (χ4n) is 3.00. The third-order valence-electron chi connectivity index (χ3n) is 4.58. The van der Waals surface area contributed by atoms with Crippen LogP contribution < -0.4 is 15.4 Å². The quantitative estimate of drug-likeness (QED) is 0.414. The Hall–Kier alpha value is -3.51. The molecule has 34 heavy (non-hydrogen) atoms. The fraction of sp³-hybridized carbons (Fsp3) is 0.273. The minimum atomic E-state index is -1.66. The maximum atomic E-state index is 13.8. The first-order valence-electron chi connectivity index (χ1n) is 10.2. The van der Waals surface area contributed by atoms with Crippen LogP contribution in [0.4, 0.5) is 24.5 Å². The topological polar surface area (TPSA) is 96.5 Å². The van der Waals surface area contributed by atoms with Crippen molar-refractivity contribution in [1.29, 1.82) is 0 Å². The van der Waals surface area contributed by atoms with E-state index < -0.39 is 35.0 Å². The molecule has 12 heteroatoms. The largest absolute Gasteiger partial charge is 0.497 e. The number of carbonyl (C=O) groups is 2. The summed E-state index contributed by atoms with van der Waals surface area (Å²) in [7, 11) is 1.54. The number of ether oxygens (including phenoxy) is 1. The lowest BCUT2D eigenvalue weighted by molar-refractivity contribution is -0.117. The number of nitrogens with zero attached hydrogens (tertiary/aromatic N) is 3. The lowest BCUT2D eigenvalue weighted by Crippen LogP contribution is -2.33. The van der Waals surface area contributed by atoms with Crippen LogP contribution in [0.25, 0.3) is 0 Å². The van der Waals surface area contributed by atoms with Crippen molar-refractivity contribution in [3.63, 3.8) is 0 Å². The van der Waals surface area contributed by atoms with Crippen LogP contribution in [0.1, 0.15) is 28.2 Å². The molecular formula is C22H22F3N5O3S. The lowest BCUT2D eigenvalue weighted by Gasteiger charge is -2.19. The van der Waals surface area contributed by atoms with Gasteiger partial charge in [-0.1, -0.05) is 18.3 Å². The van der Waals surface area contributed by atoms with Gasteiger partial charge in [-0.05, 0) is 49.4 Å². The Kier molecular flexibility index (Phi) is 8.55. The number of rotatable bonds is 10. The van der Waals surface area contributed by atoms with Crippen molar-refractivity contribution in [3.8, 4) is 5.75 Å². The second kappa shape index (κ2) is 11.6. The molecule has 0 atom stereocenters. The van der Waals surface area contributed by atoms with Crippen molar-refractivity contribution in [2.24, 2.45) is 0 Å². The molecule has 180 valence electrons. The van der Waals surface area contributed by atoms with Gasteiger partial charge in [-0.25, -0.2) is 13.2 Å². The summed E-state index contributed by atoms with van der Waals surface area (Å²) in [6.07, 6.45) is 0.705. The summed E-state index contributed by atoms with van der Waals surface area (Å²) < 4.78 is 45.4. The highest BCUT2D eigenvalue weighted by molar-refractivity contribution is 7.13. The number of amides is 2. The Balaban J connectivity index is 1.60. The summed E-state index contributed by atoms with van der Waals surface area (Å²) in [5.41, 5.74) is 0.116. The Labute approximate surface area is 197 Å². The van der Waals surface area contributed by atoms with E-state index in [9.17, 15) is 22.8 Å². The average molecular weight is 494 g/mol. The number of aromatic nitrogens is 2. The van der Waals surface area contributed by atoms with E-state index in [1.165, 1.54) is 0 Å². The zero-order chi connectivity index (χ0) is 24.7. The number of benzene rings is 2. The van der Waals surface area contributed by atoms with Gasteiger partial charge in [0.25, 0.3) is 5.91 Å². The molecule has 0 bridgehead atoms. The molecule has 0 unspecified atom stereocenters. The Morgan fingerprint density at radius 1 is 1.03 bits per heavy atom. The minimum absolute atomic E-state index is 0.149. The van der Waals surface area contributed by atoms with Crippen molar-refractivity contribution >= 4 is 34.5 Å². The molecule has 0 aliphatic rings. The maximum absolute atomic E-state index is 13.8. The molecule has 0 aliphatic heterocycles. The second-order valence-corrected chi connectivity index (χ2v) is 8.23. The summed E-state index contributed by atoms with van der Waals surface area (Å²) in [5.74, 6) is -4.85. The summed E-state index contributed by atoms with van der Waals surface area (Å²) in [5, 5.41) is 13.5. The molecule has 0 saturated carbocycles. The standard InChI is InChI=1S/C22H22F3N5O3S/c1-3-10-30(11-17(31)27-16-9-8-15(23)19(24)20(16)25)12-18-28-29-22(34-18)21(32)26-13-4-6-14(33-2)7-5-13/h4-9H,3,10-12H2,1-2H3,(H,26,32)(H,27,31). The summed E-state index contributed by atoms with van der Waals surface area (Å²) in [6, 6.07) is 8.49. The molecule has 8 nitrogen and oxygen atoms in total. The highest BCUT2D eigenvalue weighted by Gasteiger charge is 2.19. The van der Waals surface area contributed by atoms with Crippen LogP contribution in [0.3, 0.4) is 0 Å².